The highest BCUT2D eigenvalue weighted by Crippen LogP contribution is 2.38. The molecular formula is C19H18ClFN2O4. The Morgan fingerprint density at radius 2 is 2.00 bits per heavy atom. The van der Waals surface area contributed by atoms with Gasteiger partial charge in [0, 0.05) is 23.5 Å². The van der Waals surface area contributed by atoms with Crippen LogP contribution < -0.4 is 0 Å². The molecule has 0 amide bonds. The van der Waals surface area contributed by atoms with Crippen molar-refractivity contribution in [2.75, 3.05) is 0 Å². The molecule has 1 saturated heterocycles. The minimum atomic E-state index is -1.36. The van der Waals surface area contributed by atoms with Crippen molar-refractivity contribution in [3.05, 3.63) is 64.8 Å². The average molecular weight is 393 g/mol. The largest absolute Gasteiger partial charge is 0.387 e. The van der Waals surface area contributed by atoms with Crippen LogP contribution in [0.3, 0.4) is 0 Å². The van der Waals surface area contributed by atoms with Gasteiger partial charge < -0.3 is 24.6 Å². The van der Waals surface area contributed by atoms with E-state index in [-0.39, 0.29) is 10.6 Å². The Kier molecular flexibility index (Phi) is 4.65. The first-order valence-corrected chi connectivity index (χ1v) is 8.83. The maximum Gasteiger partial charge on any atom is 0.163 e. The molecule has 0 aliphatic carbocycles. The fourth-order valence-corrected chi connectivity index (χ4v) is 3.63. The minimum absolute atomic E-state index is 0.0699. The number of aromatic nitrogens is 2. The van der Waals surface area contributed by atoms with Crippen LogP contribution in [0.25, 0.3) is 10.9 Å². The molecule has 1 aromatic carbocycles. The number of fused-ring (bicyclic) bond motifs is 1. The Balaban J connectivity index is 1.66. The first-order valence-electron chi connectivity index (χ1n) is 8.45. The zero-order valence-electron chi connectivity index (χ0n) is 14.3. The van der Waals surface area contributed by atoms with E-state index in [4.69, 9.17) is 16.3 Å². The van der Waals surface area contributed by atoms with Crippen molar-refractivity contribution in [2.24, 2.45) is 0 Å². The van der Waals surface area contributed by atoms with Crippen LogP contribution in [0, 0.1) is 12.7 Å². The number of halogens is 2. The fourth-order valence-electron chi connectivity index (χ4n) is 3.51. The molecular weight excluding hydrogens is 375 g/mol. The Morgan fingerprint density at radius 1 is 1.22 bits per heavy atom. The van der Waals surface area contributed by atoms with Gasteiger partial charge in [-0.2, -0.15) is 0 Å². The van der Waals surface area contributed by atoms with Crippen molar-refractivity contribution in [1.82, 2.24) is 9.55 Å². The lowest BCUT2D eigenvalue weighted by molar-refractivity contribution is -0.0847. The summed E-state index contributed by atoms with van der Waals surface area (Å²) in [5.74, 6) is -0.683. The molecule has 6 nitrogen and oxygen atoms in total. The summed E-state index contributed by atoms with van der Waals surface area (Å²) >= 11 is 5.67. The van der Waals surface area contributed by atoms with Crippen LogP contribution >= 0.6 is 11.6 Å². The van der Waals surface area contributed by atoms with Crippen LogP contribution in [0.1, 0.15) is 23.6 Å². The Bertz CT molecular complexity index is 995. The summed E-state index contributed by atoms with van der Waals surface area (Å²) in [6.07, 6.45) is -2.63. The molecule has 0 unspecified atom stereocenters. The molecule has 27 heavy (non-hydrogen) atoms. The lowest BCUT2D eigenvalue weighted by atomic mass is 9.99. The molecule has 8 heteroatoms. The van der Waals surface area contributed by atoms with E-state index in [9.17, 15) is 19.7 Å². The molecule has 4 rings (SSSR count). The summed E-state index contributed by atoms with van der Waals surface area (Å²) < 4.78 is 21.2. The second kappa shape index (κ2) is 6.85. The van der Waals surface area contributed by atoms with E-state index < -0.39 is 36.5 Å². The van der Waals surface area contributed by atoms with Gasteiger partial charge in [0.25, 0.3) is 0 Å². The fraction of sp³-hybridized carbons (Fsp3) is 0.316. The highest BCUT2D eigenvalue weighted by molar-refractivity contribution is 6.30. The Morgan fingerprint density at radius 3 is 2.74 bits per heavy atom. The first kappa shape index (κ1) is 18.3. The molecule has 1 aliphatic heterocycles. The number of benzene rings is 1. The predicted molar refractivity (Wildman–Crippen MR) is 96.8 cm³/mol. The van der Waals surface area contributed by atoms with Crippen LogP contribution in [0.2, 0.25) is 5.02 Å². The predicted octanol–water partition coefficient (Wildman–Crippen LogP) is 2.49. The molecule has 1 fully saturated rings. The minimum Gasteiger partial charge on any atom is -0.387 e. The summed E-state index contributed by atoms with van der Waals surface area (Å²) in [6, 6.07) is 7.48. The Labute approximate surface area is 159 Å². The topological polar surface area (TPSA) is 87.7 Å². The SMILES string of the molecule is Cc1nccc2c1ccn2[C@H]1O[C@@H]([C@@H](O)c2ccc(Cl)c(F)c2)[C@H](O)[C@@H]1O. The number of hydrogen-bond donors (Lipinski definition) is 3. The van der Waals surface area contributed by atoms with Crippen molar-refractivity contribution < 1.29 is 24.4 Å². The van der Waals surface area contributed by atoms with Gasteiger partial charge in [0.2, 0.25) is 0 Å². The standard InChI is InChI=1S/C19H18ClFN2O4/c1-9-11-5-7-23(14(11)4-6-22-9)19-17(26)16(25)18(27-19)15(24)10-2-3-12(20)13(21)8-10/h2-8,15-19,24-26H,1H3/t15-,16+,17-,18-,19-/m0/s1. The van der Waals surface area contributed by atoms with E-state index in [2.05, 4.69) is 4.98 Å². The number of rotatable bonds is 3. The summed E-state index contributed by atoms with van der Waals surface area (Å²) in [5, 5.41) is 32.3. The molecule has 3 aromatic rings. The number of ether oxygens (including phenoxy) is 1. The van der Waals surface area contributed by atoms with Crippen LogP contribution in [-0.4, -0.2) is 43.2 Å². The zero-order chi connectivity index (χ0) is 19.3. The summed E-state index contributed by atoms with van der Waals surface area (Å²) in [7, 11) is 0. The molecule has 3 N–H and O–H groups in total. The molecule has 3 heterocycles. The van der Waals surface area contributed by atoms with Gasteiger partial charge in [-0.3, -0.25) is 4.98 Å². The van der Waals surface area contributed by atoms with Gasteiger partial charge in [-0.05, 0) is 36.8 Å². The van der Waals surface area contributed by atoms with Gasteiger partial charge in [0.05, 0.1) is 10.5 Å². The highest BCUT2D eigenvalue weighted by Gasteiger charge is 2.47. The molecule has 0 radical (unpaired) electrons. The number of aryl methyl sites for hydroxylation is 1. The quantitative estimate of drug-likeness (QED) is 0.637. The van der Waals surface area contributed by atoms with Gasteiger partial charge >= 0.3 is 0 Å². The van der Waals surface area contributed by atoms with Gasteiger partial charge in [0.15, 0.2) is 6.23 Å². The van der Waals surface area contributed by atoms with E-state index in [1.807, 2.05) is 13.0 Å². The number of hydrogen-bond acceptors (Lipinski definition) is 5. The van der Waals surface area contributed by atoms with Crippen LogP contribution in [0.5, 0.6) is 0 Å². The van der Waals surface area contributed by atoms with Crippen LogP contribution in [-0.2, 0) is 4.74 Å². The monoisotopic (exact) mass is 392 g/mol. The zero-order valence-corrected chi connectivity index (χ0v) is 15.1. The van der Waals surface area contributed by atoms with Gasteiger partial charge in [-0.1, -0.05) is 17.7 Å². The van der Waals surface area contributed by atoms with E-state index in [0.29, 0.717) is 0 Å². The summed E-state index contributed by atoms with van der Waals surface area (Å²) in [5.41, 5.74) is 1.81. The van der Waals surface area contributed by atoms with Crippen molar-refractivity contribution in [3.8, 4) is 0 Å². The molecule has 0 saturated carbocycles. The third-order valence-corrected chi connectivity index (χ3v) is 5.30. The molecule has 2 aromatic heterocycles. The van der Waals surface area contributed by atoms with Crippen molar-refractivity contribution in [2.45, 2.75) is 37.6 Å². The first-order chi connectivity index (χ1) is 12.9. The van der Waals surface area contributed by atoms with E-state index in [1.165, 1.54) is 12.1 Å². The van der Waals surface area contributed by atoms with Gasteiger partial charge in [-0.15, -0.1) is 0 Å². The van der Waals surface area contributed by atoms with E-state index in [0.717, 1.165) is 22.7 Å². The van der Waals surface area contributed by atoms with Crippen LogP contribution in [0.15, 0.2) is 42.7 Å². The van der Waals surface area contributed by atoms with E-state index in [1.54, 1.807) is 23.0 Å². The summed E-state index contributed by atoms with van der Waals surface area (Å²) in [4.78, 5) is 4.23. The van der Waals surface area contributed by atoms with Crippen molar-refractivity contribution in [3.63, 3.8) is 0 Å². The molecule has 1 aliphatic rings. The second-order valence-corrected chi connectivity index (χ2v) is 7.05. The maximum atomic E-state index is 13.7. The van der Waals surface area contributed by atoms with E-state index >= 15 is 0 Å². The van der Waals surface area contributed by atoms with Gasteiger partial charge in [0.1, 0.15) is 30.2 Å². The number of aliphatic hydroxyl groups is 3. The summed E-state index contributed by atoms with van der Waals surface area (Å²) in [6.45, 7) is 1.87. The second-order valence-electron chi connectivity index (χ2n) is 6.64. The number of aliphatic hydroxyl groups excluding tert-OH is 3. The molecule has 142 valence electrons. The van der Waals surface area contributed by atoms with Crippen molar-refractivity contribution in [1.29, 1.82) is 0 Å². The number of pyridine rings is 1. The third-order valence-electron chi connectivity index (χ3n) is 4.99. The normalized spacial score (nSPS) is 26.6. The smallest absolute Gasteiger partial charge is 0.163 e. The number of nitrogens with zero attached hydrogens (tertiary/aromatic N) is 2. The van der Waals surface area contributed by atoms with Crippen molar-refractivity contribution >= 4 is 22.5 Å². The highest BCUT2D eigenvalue weighted by atomic mass is 35.5. The maximum absolute atomic E-state index is 13.7. The van der Waals surface area contributed by atoms with Gasteiger partial charge in [-0.25, -0.2) is 4.39 Å². The average Bonchev–Trinajstić information content (AvgIpc) is 3.20. The third kappa shape index (κ3) is 3.01. The molecule has 0 spiro atoms. The molecule has 0 bridgehead atoms. The lowest BCUT2D eigenvalue weighted by Crippen LogP contribution is -2.34. The Hall–Kier alpha value is -2.03. The lowest BCUT2D eigenvalue weighted by Gasteiger charge is -2.21. The molecule has 5 atom stereocenters. The van der Waals surface area contributed by atoms with Crippen LogP contribution in [0.4, 0.5) is 4.39 Å².